The van der Waals surface area contributed by atoms with Crippen LogP contribution < -0.4 is 5.32 Å². The number of anilines is 1. The number of para-hydroxylation sites is 1. The standard InChI is InChI=1S/C23H16N2O3S/c26-21(13-19-16-5-1-2-6-17(16)23(27)28-19)24-15-11-9-14(10-12-15)22-25-18-7-3-4-8-20(18)29-22/h1-12,19H,13H2,(H,24,26). The van der Waals surface area contributed by atoms with Crippen LogP contribution in [-0.4, -0.2) is 16.9 Å². The van der Waals surface area contributed by atoms with Gasteiger partial charge in [-0.25, -0.2) is 9.78 Å². The first-order valence-corrected chi connectivity index (χ1v) is 10.0. The van der Waals surface area contributed by atoms with Gasteiger partial charge in [-0.15, -0.1) is 11.3 Å². The van der Waals surface area contributed by atoms with Crippen molar-refractivity contribution in [2.45, 2.75) is 12.5 Å². The van der Waals surface area contributed by atoms with Crippen molar-refractivity contribution in [2.75, 3.05) is 5.32 Å². The van der Waals surface area contributed by atoms with Crippen molar-refractivity contribution in [2.24, 2.45) is 0 Å². The number of aromatic nitrogens is 1. The Kier molecular flexibility index (Phi) is 4.33. The lowest BCUT2D eigenvalue weighted by atomic mass is 10.0. The van der Waals surface area contributed by atoms with Crippen molar-refractivity contribution in [3.63, 3.8) is 0 Å². The molecule has 142 valence electrons. The monoisotopic (exact) mass is 400 g/mol. The van der Waals surface area contributed by atoms with E-state index in [1.807, 2.05) is 54.6 Å². The third-order valence-electron chi connectivity index (χ3n) is 4.86. The molecule has 0 saturated heterocycles. The number of benzene rings is 3. The molecule has 4 aromatic rings. The van der Waals surface area contributed by atoms with Crippen molar-refractivity contribution in [1.29, 1.82) is 0 Å². The summed E-state index contributed by atoms with van der Waals surface area (Å²) in [7, 11) is 0. The predicted octanol–water partition coefficient (Wildman–Crippen LogP) is 5.20. The number of rotatable bonds is 4. The summed E-state index contributed by atoms with van der Waals surface area (Å²) < 4.78 is 6.48. The topological polar surface area (TPSA) is 68.3 Å². The van der Waals surface area contributed by atoms with E-state index in [0.717, 1.165) is 26.4 Å². The highest BCUT2D eigenvalue weighted by molar-refractivity contribution is 7.21. The van der Waals surface area contributed by atoms with Gasteiger partial charge in [-0.1, -0.05) is 30.3 Å². The molecule has 2 heterocycles. The van der Waals surface area contributed by atoms with E-state index in [2.05, 4.69) is 16.4 Å². The van der Waals surface area contributed by atoms with Crippen molar-refractivity contribution >= 4 is 39.1 Å². The number of amides is 1. The van der Waals surface area contributed by atoms with Gasteiger partial charge in [-0.3, -0.25) is 4.79 Å². The molecule has 0 saturated carbocycles. The smallest absolute Gasteiger partial charge is 0.339 e. The van der Waals surface area contributed by atoms with E-state index < -0.39 is 6.10 Å². The van der Waals surface area contributed by atoms with Gasteiger partial charge in [0, 0.05) is 16.8 Å². The number of cyclic esters (lactones) is 1. The summed E-state index contributed by atoms with van der Waals surface area (Å²) in [5.74, 6) is -0.578. The SMILES string of the molecule is O=C(CC1OC(=O)c2ccccc21)Nc1ccc(-c2nc3ccccc3s2)cc1. The number of fused-ring (bicyclic) bond motifs is 2. The van der Waals surface area contributed by atoms with Gasteiger partial charge in [-0.2, -0.15) is 0 Å². The Morgan fingerprint density at radius 3 is 2.59 bits per heavy atom. The highest BCUT2D eigenvalue weighted by Crippen LogP contribution is 2.33. The Morgan fingerprint density at radius 2 is 1.76 bits per heavy atom. The van der Waals surface area contributed by atoms with Gasteiger partial charge in [0.15, 0.2) is 0 Å². The maximum absolute atomic E-state index is 12.4. The summed E-state index contributed by atoms with van der Waals surface area (Å²) >= 11 is 1.64. The lowest BCUT2D eigenvalue weighted by molar-refractivity contribution is -0.118. The summed E-state index contributed by atoms with van der Waals surface area (Å²) in [6, 6.07) is 22.8. The van der Waals surface area contributed by atoms with Crippen molar-refractivity contribution in [3.8, 4) is 10.6 Å². The van der Waals surface area contributed by atoms with Gasteiger partial charge in [-0.05, 0) is 42.5 Å². The Morgan fingerprint density at radius 1 is 1.00 bits per heavy atom. The third kappa shape index (κ3) is 3.39. The third-order valence-corrected chi connectivity index (χ3v) is 5.94. The van der Waals surface area contributed by atoms with E-state index in [9.17, 15) is 9.59 Å². The van der Waals surface area contributed by atoms with Crippen molar-refractivity contribution in [3.05, 3.63) is 83.9 Å². The zero-order valence-corrected chi connectivity index (χ0v) is 16.1. The Bertz CT molecular complexity index is 1200. The molecule has 0 aliphatic carbocycles. The van der Waals surface area contributed by atoms with Gasteiger partial charge >= 0.3 is 5.97 Å². The van der Waals surface area contributed by atoms with E-state index in [4.69, 9.17) is 4.74 Å². The van der Waals surface area contributed by atoms with E-state index in [-0.39, 0.29) is 18.3 Å². The number of esters is 1. The molecule has 0 bridgehead atoms. The molecular formula is C23H16N2O3S. The molecule has 1 aromatic heterocycles. The fourth-order valence-electron chi connectivity index (χ4n) is 3.44. The predicted molar refractivity (Wildman–Crippen MR) is 113 cm³/mol. The molecule has 1 unspecified atom stereocenters. The summed E-state index contributed by atoms with van der Waals surface area (Å²) in [6.07, 6.45) is -0.455. The molecule has 1 aliphatic rings. The average Bonchev–Trinajstić information content (AvgIpc) is 3.30. The van der Waals surface area contributed by atoms with Gasteiger partial charge in [0.2, 0.25) is 5.91 Å². The minimum Gasteiger partial charge on any atom is -0.453 e. The highest BCUT2D eigenvalue weighted by atomic mass is 32.1. The molecule has 29 heavy (non-hydrogen) atoms. The zero-order valence-electron chi connectivity index (χ0n) is 15.3. The molecule has 1 amide bonds. The first kappa shape index (κ1) is 17.6. The van der Waals surface area contributed by atoms with Gasteiger partial charge in [0.25, 0.3) is 0 Å². The van der Waals surface area contributed by atoms with Crippen LogP contribution in [0.5, 0.6) is 0 Å². The first-order chi connectivity index (χ1) is 14.2. The Balaban J connectivity index is 1.28. The molecule has 0 fully saturated rings. The van der Waals surface area contributed by atoms with E-state index in [1.54, 1.807) is 23.5 Å². The van der Waals surface area contributed by atoms with Crippen LogP contribution in [0.1, 0.15) is 28.4 Å². The van der Waals surface area contributed by atoms with Gasteiger partial charge < -0.3 is 10.1 Å². The van der Waals surface area contributed by atoms with E-state index in [1.165, 1.54) is 0 Å². The van der Waals surface area contributed by atoms with Gasteiger partial charge in [0.1, 0.15) is 11.1 Å². The normalized spacial score (nSPS) is 15.2. The number of hydrogen-bond acceptors (Lipinski definition) is 5. The number of carbonyl (C=O) groups excluding carboxylic acids is 2. The Labute approximate surface area is 171 Å². The zero-order chi connectivity index (χ0) is 19.8. The molecule has 3 aromatic carbocycles. The molecule has 5 rings (SSSR count). The number of ether oxygens (including phenoxy) is 1. The van der Waals surface area contributed by atoms with Crippen LogP contribution in [0.4, 0.5) is 5.69 Å². The van der Waals surface area contributed by atoms with Crippen LogP contribution in [0.2, 0.25) is 0 Å². The van der Waals surface area contributed by atoms with Crippen LogP contribution in [0.25, 0.3) is 20.8 Å². The molecule has 0 spiro atoms. The summed E-state index contributed by atoms with van der Waals surface area (Å²) in [5.41, 5.74) is 3.97. The largest absolute Gasteiger partial charge is 0.453 e. The minimum atomic E-state index is -0.541. The number of nitrogens with zero attached hydrogens (tertiary/aromatic N) is 1. The average molecular weight is 400 g/mol. The lowest BCUT2D eigenvalue weighted by Crippen LogP contribution is -2.15. The first-order valence-electron chi connectivity index (χ1n) is 9.23. The van der Waals surface area contributed by atoms with Gasteiger partial charge in [0.05, 0.1) is 22.2 Å². The minimum absolute atomic E-state index is 0.0857. The second-order valence-electron chi connectivity index (χ2n) is 6.80. The number of carbonyl (C=O) groups is 2. The van der Waals surface area contributed by atoms with E-state index in [0.29, 0.717) is 11.3 Å². The molecule has 1 N–H and O–H groups in total. The number of thiazole rings is 1. The quantitative estimate of drug-likeness (QED) is 0.478. The molecule has 1 atom stereocenters. The van der Waals surface area contributed by atoms with Crippen molar-refractivity contribution in [1.82, 2.24) is 4.98 Å². The molecule has 1 aliphatic heterocycles. The molecule has 0 radical (unpaired) electrons. The van der Waals surface area contributed by atoms with Crippen LogP contribution in [0, 0.1) is 0 Å². The summed E-state index contributed by atoms with van der Waals surface area (Å²) in [6.45, 7) is 0. The second kappa shape index (κ2) is 7.14. The highest BCUT2D eigenvalue weighted by Gasteiger charge is 2.32. The van der Waals surface area contributed by atoms with Crippen molar-refractivity contribution < 1.29 is 14.3 Å². The molecule has 6 heteroatoms. The number of hydrogen-bond donors (Lipinski definition) is 1. The van der Waals surface area contributed by atoms with Crippen LogP contribution in [0.15, 0.2) is 72.8 Å². The fraction of sp³-hybridized carbons (Fsp3) is 0.0870. The van der Waals surface area contributed by atoms with Crippen LogP contribution in [-0.2, 0) is 9.53 Å². The number of nitrogens with one attached hydrogen (secondary N) is 1. The molecule has 5 nitrogen and oxygen atoms in total. The summed E-state index contributed by atoms with van der Waals surface area (Å²) in [5, 5.41) is 3.82. The Hall–Kier alpha value is -3.51. The summed E-state index contributed by atoms with van der Waals surface area (Å²) in [4.78, 5) is 29.0. The maximum atomic E-state index is 12.4. The van der Waals surface area contributed by atoms with Crippen LogP contribution in [0.3, 0.4) is 0 Å². The molecular weight excluding hydrogens is 384 g/mol. The lowest BCUT2D eigenvalue weighted by Gasteiger charge is -2.11. The maximum Gasteiger partial charge on any atom is 0.339 e. The van der Waals surface area contributed by atoms with Crippen LogP contribution >= 0.6 is 11.3 Å². The van der Waals surface area contributed by atoms with E-state index >= 15 is 0 Å². The second-order valence-corrected chi connectivity index (χ2v) is 7.83. The fourth-order valence-corrected chi connectivity index (χ4v) is 4.41.